The SMILES string of the molecule is CC(C)S(=O)(=O)N1CC=C(B2CC(C)(C)C(C)(C)C2)CC1. The van der Waals surface area contributed by atoms with Gasteiger partial charge in [0.15, 0.2) is 6.71 Å². The summed E-state index contributed by atoms with van der Waals surface area (Å²) in [5.41, 5.74) is 2.21. The summed E-state index contributed by atoms with van der Waals surface area (Å²) < 4.78 is 26.1. The molecule has 3 nitrogen and oxygen atoms in total. The molecule has 5 heteroatoms. The zero-order valence-electron chi connectivity index (χ0n) is 14.4. The van der Waals surface area contributed by atoms with Crippen LogP contribution >= 0.6 is 0 Å². The van der Waals surface area contributed by atoms with Crippen molar-refractivity contribution in [3.8, 4) is 0 Å². The molecule has 0 N–H and O–H groups in total. The molecular weight excluding hydrogens is 281 g/mol. The molecule has 0 aromatic heterocycles. The van der Waals surface area contributed by atoms with Crippen LogP contribution in [0.15, 0.2) is 11.5 Å². The summed E-state index contributed by atoms with van der Waals surface area (Å²) in [4.78, 5) is 0. The molecule has 0 aromatic rings. The van der Waals surface area contributed by atoms with E-state index in [4.69, 9.17) is 0 Å². The molecule has 0 aromatic carbocycles. The molecule has 2 rings (SSSR count). The molecule has 0 radical (unpaired) electrons. The van der Waals surface area contributed by atoms with Crippen molar-refractivity contribution in [1.29, 1.82) is 0 Å². The minimum atomic E-state index is -3.10. The highest BCUT2D eigenvalue weighted by atomic mass is 32.2. The highest BCUT2D eigenvalue weighted by Gasteiger charge is 2.48. The number of hydrogen-bond donors (Lipinski definition) is 0. The Morgan fingerprint density at radius 3 is 2.05 bits per heavy atom. The molecule has 2 aliphatic heterocycles. The summed E-state index contributed by atoms with van der Waals surface area (Å²) in [6.07, 6.45) is 5.54. The molecule has 0 bridgehead atoms. The molecule has 0 amide bonds. The lowest BCUT2D eigenvalue weighted by molar-refractivity contribution is 0.177. The average Bonchev–Trinajstić information content (AvgIpc) is 2.58. The van der Waals surface area contributed by atoms with Crippen LogP contribution in [0.25, 0.3) is 0 Å². The first kappa shape index (κ1) is 17.1. The lowest BCUT2D eigenvalue weighted by Gasteiger charge is -2.35. The maximum Gasteiger partial charge on any atom is 0.216 e. The average molecular weight is 311 g/mol. The fraction of sp³-hybridized carbons (Fsp3) is 0.875. The lowest BCUT2D eigenvalue weighted by atomic mass is 9.40. The van der Waals surface area contributed by atoms with E-state index in [2.05, 4.69) is 33.8 Å². The van der Waals surface area contributed by atoms with Crippen LogP contribution in [0.1, 0.15) is 48.0 Å². The molecule has 0 aliphatic carbocycles. The number of nitrogens with zero attached hydrogens (tertiary/aromatic N) is 1. The Hall–Kier alpha value is -0.285. The molecule has 21 heavy (non-hydrogen) atoms. The topological polar surface area (TPSA) is 37.4 Å². The van der Waals surface area contributed by atoms with Gasteiger partial charge >= 0.3 is 0 Å². The maximum atomic E-state index is 12.2. The van der Waals surface area contributed by atoms with Crippen molar-refractivity contribution in [2.45, 2.75) is 65.9 Å². The molecule has 120 valence electrons. The second kappa shape index (κ2) is 5.41. The van der Waals surface area contributed by atoms with Gasteiger partial charge in [-0.2, -0.15) is 4.31 Å². The van der Waals surface area contributed by atoms with Crippen molar-refractivity contribution in [2.24, 2.45) is 10.8 Å². The third-order valence-electron chi connectivity index (χ3n) is 6.03. The lowest BCUT2D eigenvalue weighted by Crippen LogP contribution is -2.40. The van der Waals surface area contributed by atoms with E-state index in [1.54, 1.807) is 18.2 Å². The molecule has 2 heterocycles. The monoisotopic (exact) mass is 311 g/mol. The van der Waals surface area contributed by atoms with E-state index < -0.39 is 10.0 Å². The Morgan fingerprint density at radius 2 is 1.67 bits per heavy atom. The van der Waals surface area contributed by atoms with Crippen LogP contribution < -0.4 is 0 Å². The van der Waals surface area contributed by atoms with Crippen LogP contribution in [-0.2, 0) is 10.0 Å². The number of rotatable bonds is 3. The number of sulfonamides is 1. The van der Waals surface area contributed by atoms with Gasteiger partial charge in [0, 0.05) is 13.1 Å². The van der Waals surface area contributed by atoms with Crippen LogP contribution in [0.2, 0.25) is 12.6 Å². The number of hydrogen-bond acceptors (Lipinski definition) is 2. The quantitative estimate of drug-likeness (QED) is 0.749. The van der Waals surface area contributed by atoms with Crippen molar-refractivity contribution in [3.05, 3.63) is 11.5 Å². The molecule has 0 spiro atoms. The fourth-order valence-electron chi connectivity index (χ4n) is 3.69. The van der Waals surface area contributed by atoms with Gasteiger partial charge in [-0.25, -0.2) is 8.42 Å². The third-order valence-corrected chi connectivity index (χ3v) is 8.28. The Kier molecular flexibility index (Phi) is 4.40. The van der Waals surface area contributed by atoms with E-state index in [0.29, 0.717) is 30.6 Å². The van der Waals surface area contributed by atoms with Gasteiger partial charge in [-0.3, -0.25) is 0 Å². The molecule has 0 atom stereocenters. The molecule has 0 unspecified atom stereocenters. The van der Waals surface area contributed by atoms with E-state index in [-0.39, 0.29) is 5.25 Å². The third kappa shape index (κ3) is 3.09. The van der Waals surface area contributed by atoms with Crippen molar-refractivity contribution in [2.75, 3.05) is 13.1 Å². The van der Waals surface area contributed by atoms with Crippen molar-refractivity contribution in [3.63, 3.8) is 0 Å². The normalized spacial score (nSPS) is 26.2. The van der Waals surface area contributed by atoms with Crippen LogP contribution in [0, 0.1) is 10.8 Å². The second-order valence-corrected chi connectivity index (χ2v) is 10.8. The van der Waals surface area contributed by atoms with Crippen molar-refractivity contribution < 1.29 is 8.42 Å². The molecule has 1 fully saturated rings. The highest BCUT2D eigenvalue weighted by molar-refractivity contribution is 7.89. The second-order valence-electron chi connectivity index (χ2n) is 8.35. The standard InChI is InChI=1S/C16H30BNO2S/c1-13(2)21(19,20)18-9-7-14(8-10-18)17-11-15(3,4)16(5,6)12-17/h7,13H,8-12H2,1-6H3. The Morgan fingerprint density at radius 1 is 1.14 bits per heavy atom. The minimum absolute atomic E-state index is 0.322. The summed E-state index contributed by atoms with van der Waals surface area (Å²) in [7, 11) is -3.10. The summed E-state index contributed by atoms with van der Waals surface area (Å²) in [5, 5.41) is -0.322. The molecule has 0 saturated carbocycles. The van der Waals surface area contributed by atoms with Crippen LogP contribution in [0.5, 0.6) is 0 Å². The van der Waals surface area contributed by atoms with E-state index >= 15 is 0 Å². The summed E-state index contributed by atoms with van der Waals surface area (Å²) in [6.45, 7) is 14.8. The molecule has 1 saturated heterocycles. The van der Waals surface area contributed by atoms with Crippen LogP contribution in [-0.4, -0.2) is 37.8 Å². The predicted octanol–water partition coefficient (Wildman–Crippen LogP) is 3.46. The summed E-state index contributed by atoms with van der Waals surface area (Å²) in [5.74, 6) is 0. The minimum Gasteiger partial charge on any atom is -0.212 e. The first-order valence-electron chi connectivity index (χ1n) is 8.15. The van der Waals surface area contributed by atoms with E-state index in [0.717, 1.165) is 6.42 Å². The smallest absolute Gasteiger partial charge is 0.212 e. The summed E-state index contributed by atoms with van der Waals surface area (Å²) >= 11 is 0. The molecule has 2 aliphatic rings. The van der Waals surface area contributed by atoms with Gasteiger partial charge < -0.3 is 0 Å². The van der Waals surface area contributed by atoms with Gasteiger partial charge in [-0.15, -0.1) is 5.47 Å². The van der Waals surface area contributed by atoms with Gasteiger partial charge in [0.2, 0.25) is 10.0 Å². The van der Waals surface area contributed by atoms with Crippen molar-refractivity contribution >= 4 is 16.7 Å². The van der Waals surface area contributed by atoms with E-state index in [1.165, 1.54) is 18.1 Å². The fourth-order valence-corrected chi connectivity index (χ4v) is 4.91. The van der Waals surface area contributed by atoms with Gasteiger partial charge in [0.05, 0.1) is 5.25 Å². The van der Waals surface area contributed by atoms with Gasteiger partial charge in [-0.1, -0.05) is 46.4 Å². The van der Waals surface area contributed by atoms with Crippen LogP contribution in [0.3, 0.4) is 0 Å². The highest BCUT2D eigenvalue weighted by Crippen LogP contribution is 2.54. The molecular formula is C16H30BNO2S. The Balaban J connectivity index is 2.09. The zero-order valence-corrected chi connectivity index (χ0v) is 15.3. The maximum absolute atomic E-state index is 12.2. The summed E-state index contributed by atoms with van der Waals surface area (Å²) in [6, 6.07) is 0. The van der Waals surface area contributed by atoms with Gasteiger partial charge in [0.25, 0.3) is 0 Å². The van der Waals surface area contributed by atoms with Gasteiger partial charge in [-0.05, 0) is 31.1 Å². The van der Waals surface area contributed by atoms with Gasteiger partial charge in [0.1, 0.15) is 0 Å². The van der Waals surface area contributed by atoms with Crippen LogP contribution in [0.4, 0.5) is 0 Å². The predicted molar refractivity (Wildman–Crippen MR) is 91.3 cm³/mol. The largest absolute Gasteiger partial charge is 0.216 e. The van der Waals surface area contributed by atoms with E-state index in [1.807, 2.05) is 0 Å². The Bertz CT molecular complexity index is 518. The first-order valence-corrected chi connectivity index (χ1v) is 9.65. The zero-order chi connectivity index (χ0) is 16.1. The first-order chi connectivity index (χ1) is 9.47. The Labute approximate surface area is 131 Å². The van der Waals surface area contributed by atoms with Crippen molar-refractivity contribution in [1.82, 2.24) is 4.31 Å². The van der Waals surface area contributed by atoms with E-state index in [9.17, 15) is 8.42 Å².